The molecule has 1 saturated heterocycles. The van der Waals surface area contributed by atoms with Crippen molar-refractivity contribution in [2.24, 2.45) is 0 Å². The van der Waals surface area contributed by atoms with Crippen LogP contribution in [-0.2, 0) is 0 Å². The third kappa shape index (κ3) is 4.52. The molecule has 0 saturated carbocycles. The monoisotopic (exact) mass is 213 g/mol. The molecule has 0 aromatic carbocycles. The molecule has 0 spiro atoms. The molecule has 0 aromatic rings. The number of hydrogen-bond acceptors (Lipinski definition) is 2. The zero-order valence-electron chi connectivity index (χ0n) is 10.5. The molecule has 90 valence electrons. The van der Waals surface area contributed by atoms with Crippen LogP contribution in [0.25, 0.3) is 0 Å². The van der Waals surface area contributed by atoms with Gasteiger partial charge in [0.15, 0.2) is 0 Å². The van der Waals surface area contributed by atoms with Crippen molar-refractivity contribution in [2.75, 3.05) is 19.6 Å². The lowest BCUT2D eigenvalue weighted by molar-refractivity contribution is 0.0149. The molecule has 1 N–H and O–H groups in total. The standard InChI is InChI=1S/C13H27NO/c1-3-5-7-13(15)8-6-11-14(10-4-2)12-9-13/h15H,3-12H2,1-2H3. The minimum atomic E-state index is -0.349. The van der Waals surface area contributed by atoms with Crippen molar-refractivity contribution in [1.29, 1.82) is 0 Å². The highest BCUT2D eigenvalue weighted by atomic mass is 16.3. The quantitative estimate of drug-likeness (QED) is 0.759. The smallest absolute Gasteiger partial charge is 0.0660 e. The number of nitrogens with zero attached hydrogens (tertiary/aromatic N) is 1. The Kier molecular flexibility index (Phi) is 5.62. The van der Waals surface area contributed by atoms with E-state index in [9.17, 15) is 5.11 Å². The summed E-state index contributed by atoms with van der Waals surface area (Å²) in [6.45, 7) is 7.90. The van der Waals surface area contributed by atoms with Crippen LogP contribution in [0.2, 0.25) is 0 Å². The molecule has 2 nitrogen and oxygen atoms in total. The van der Waals surface area contributed by atoms with E-state index < -0.39 is 0 Å². The Labute approximate surface area is 94.7 Å². The third-order valence-electron chi connectivity index (χ3n) is 3.55. The van der Waals surface area contributed by atoms with Gasteiger partial charge in [0, 0.05) is 6.54 Å². The average Bonchev–Trinajstić information content (AvgIpc) is 2.40. The fourth-order valence-electron chi connectivity index (χ4n) is 2.53. The van der Waals surface area contributed by atoms with Gasteiger partial charge in [0.2, 0.25) is 0 Å². The Morgan fingerprint density at radius 2 is 1.93 bits per heavy atom. The molecule has 1 aliphatic rings. The largest absolute Gasteiger partial charge is 0.390 e. The van der Waals surface area contributed by atoms with Crippen molar-refractivity contribution in [3.05, 3.63) is 0 Å². The SMILES string of the molecule is CCCCC1(O)CCCN(CCC)CC1. The van der Waals surface area contributed by atoms with Crippen LogP contribution in [0, 0.1) is 0 Å². The molecule has 1 aliphatic heterocycles. The van der Waals surface area contributed by atoms with Crippen LogP contribution >= 0.6 is 0 Å². The van der Waals surface area contributed by atoms with Gasteiger partial charge in [-0.3, -0.25) is 0 Å². The molecule has 0 aliphatic carbocycles. The number of hydrogen-bond donors (Lipinski definition) is 1. The van der Waals surface area contributed by atoms with E-state index in [-0.39, 0.29) is 5.60 Å². The second-order valence-electron chi connectivity index (χ2n) is 5.02. The molecule has 1 heterocycles. The van der Waals surface area contributed by atoms with Gasteiger partial charge in [0.25, 0.3) is 0 Å². The molecule has 0 radical (unpaired) electrons. The van der Waals surface area contributed by atoms with E-state index in [1.807, 2.05) is 0 Å². The topological polar surface area (TPSA) is 23.5 Å². The number of unbranched alkanes of at least 4 members (excludes halogenated alkanes) is 1. The van der Waals surface area contributed by atoms with Crippen molar-refractivity contribution in [1.82, 2.24) is 4.90 Å². The predicted octanol–water partition coefficient (Wildman–Crippen LogP) is 2.80. The van der Waals surface area contributed by atoms with E-state index in [1.54, 1.807) is 0 Å². The molecule has 0 aromatic heterocycles. The van der Waals surface area contributed by atoms with Crippen LogP contribution in [0.4, 0.5) is 0 Å². The van der Waals surface area contributed by atoms with E-state index >= 15 is 0 Å². The van der Waals surface area contributed by atoms with Crippen molar-refractivity contribution in [2.45, 2.75) is 64.4 Å². The van der Waals surface area contributed by atoms with E-state index in [0.717, 1.165) is 25.8 Å². The normalized spacial score (nSPS) is 29.0. The van der Waals surface area contributed by atoms with Gasteiger partial charge in [-0.15, -0.1) is 0 Å². The maximum Gasteiger partial charge on any atom is 0.0660 e. The van der Waals surface area contributed by atoms with Crippen LogP contribution in [-0.4, -0.2) is 35.2 Å². The summed E-state index contributed by atoms with van der Waals surface area (Å²) in [7, 11) is 0. The first kappa shape index (κ1) is 13.0. The third-order valence-corrected chi connectivity index (χ3v) is 3.55. The summed E-state index contributed by atoms with van der Waals surface area (Å²) >= 11 is 0. The molecule has 1 atom stereocenters. The summed E-state index contributed by atoms with van der Waals surface area (Å²) < 4.78 is 0. The average molecular weight is 213 g/mol. The van der Waals surface area contributed by atoms with Crippen LogP contribution in [0.1, 0.15) is 58.8 Å². The first-order valence-electron chi connectivity index (χ1n) is 6.65. The van der Waals surface area contributed by atoms with Gasteiger partial charge in [0.1, 0.15) is 0 Å². The molecular formula is C13H27NO. The minimum absolute atomic E-state index is 0.349. The zero-order chi connectivity index (χ0) is 11.1. The van der Waals surface area contributed by atoms with E-state index in [0.29, 0.717) is 0 Å². The lowest BCUT2D eigenvalue weighted by Gasteiger charge is -2.26. The lowest BCUT2D eigenvalue weighted by atomic mass is 9.89. The number of aliphatic hydroxyl groups is 1. The van der Waals surface area contributed by atoms with Gasteiger partial charge in [-0.05, 0) is 45.2 Å². The molecule has 1 fully saturated rings. The Bertz CT molecular complexity index is 172. The van der Waals surface area contributed by atoms with Gasteiger partial charge in [-0.1, -0.05) is 26.7 Å². The van der Waals surface area contributed by atoms with E-state index in [2.05, 4.69) is 18.7 Å². The Hall–Kier alpha value is -0.0800. The lowest BCUT2D eigenvalue weighted by Crippen LogP contribution is -2.31. The van der Waals surface area contributed by atoms with Crippen LogP contribution in [0.15, 0.2) is 0 Å². The second-order valence-corrected chi connectivity index (χ2v) is 5.02. The summed E-state index contributed by atoms with van der Waals surface area (Å²) in [6.07, 6.45) is 7.75. The van der Waals surface area contributed by atoms with Gasteiger partial charge < -0.3 is 10.0 Å². The molecule has 2 heteroatoms. The highest BCUT2D eigenvalue weighted by Crippen LogP contribution is 2.27. The summed E-state index contributed by atoms with van der Waals surface area (Å²) in [4.78, 5) is 2.50. The Morgan fingerprint density at radius 1 is 1.13 bits per heavy atom. The fourth-order valence-corrected chi connectivity index (χ4v) is 2.53. The van der Waals surface area contributed by atoms with Crippen LogP contribution < -0.4 is 0 Å². The van der Waals surface area contributed by atoms with Crippen molar-refractivity contribution < 1.29 is 5.11 Å². The zero-order valence-corrected chi connectivity index (χ0v) is 10.5. The molecular weight excluding hydrogens is 186 g/mol. The summed E-state index contributed by atoms with van der Waals surface area (Å²) in [5.74, 6) is 0. The highest BCUT2D eigenvalue weighted by Gasteiger charge is 2.28. The molecule has 1 rings (SSSR count). The Balaban J connectivity index is 2.36. The first-order chi connectivity index (χ1) is 7.20. The van der Waals surface area contributed by atoms with E-state index in [4.69, 9.17) is 0 Å². The number of rotatable bonds is 5. The first-order valence-corrected chi connectivity index (χ1v) is 6.65. The molecule has 0 amide bonds. The predicted molar refractivity (Wildman–Crippen MR) is 65.1 cm³/mol. The van der Waals surface area contributed by atoms with Crippen LogP contribution in [0.3, 0.4) is 0 Å². The second kappa shape index (κ2) is 6.49. The van der Waals surface area contributed by atoms with Gasteiger partial charge >= 0.3 is 0 Å². The van der Waals surface area contributed by atoms with Crippen LogP contribution in [0.5, 0.6) is 0 Å². The summed E-state index contributed by atoms with van der Waals surface area (Å²) in [5.41, 5.74) is -0.349. The summed E-state index contributed by atoms with van der Waals surface area (Å²) in [6, 6.07) is 0. The minimum Gasteiger partial charge on any atom is -0.390 e. The van der Waals surface area contributed by atoms with Crippen molar-refractivity contribution in [3.63, 3.8) is 0 Å². The summed E-state index contributed by atoms with van der Waals surface area (Å²) in [5, 5.41) is 10.4. The highest BCUT2D eigenvalue weighted by molar-refractivity contribution is 4.83. The van der Waals surface area contributed by atoms with Gasteiger partial charge in [-0.2, -0.15) is 0 Å². The van der Waals surface area contributed by atoms with Gasteiger partial charge in [0.05, 0.1) is 5.60 Å². The molecule has 15 heavy (non-hydrogen) atoms. The number of likely N-dealkylation sites (tertiary alicyclic amines) is 1. The maximum absolute atomic E-state index is 10.4. The van der Waals surface area contributed by atoms with E-state index in [1.165, 1.54) is 38.8 Å². The Morgan fingerprint density at radius 3 is 2.60 bits per heavy atom. The van der Waals surface area contributed by atoms with Gasteiger partial charge in [-0.25, -0.2) is 0 Å². The van der Waals surface area contributed by atoms with Crippen molar-refractivity contribution in [3.8, 4) is 0 Å². The molecule has 1 unspecified atom stereocenters. The fraction of sp³-hybridized carbons (Fsp3) is 1.00. The molecule has 0 bridgehead atoms. The maximum atomic E-state index is 10.4. The van der Waals surface area contributed by atoms with Crippen molar-refractivity contribution >= 4 is 0 Å².